The van der Waals surface area contributed by atoms with E-state index in [1.165, 1.54) is 11.3 Å². The maximum atomic E-state index is 11.6. The molecule has 0 aliphatic carbocycles. The Hall–Kier alpha value is -1.92. The molecule has 2 aromatic rings. The molecule has 0 radical (unpaired) electrons. The van der Waals surface area contributed by atoms with Gasteiger partial charge >= 0.3 is 5.97 Å². The van der Waals surface area contributed by atoms with Gasteiger partial charge in [-0.1, -0.05) is 23.7 Å². The summed E-state index contributed by atoms with van der Waals surface area (Å²) in [4.78, 5) is 27.4. The minimum Gasteiger partial charge on any atom is -0.481 e. The van der Waals surface area contributed by atoms with Gasteiger partial charge < -0.3 is 10.4 Å². The van der Waals surface area contributed by atoms with Crippen LogP contribution >= 0.6 is 22.9 Å². The third-order valence-corrected chi connectivity index (χ3v) is 4.27. The van der Waals surface area contributed by atoms with Crippen molar-refractivity contribution in [2.45, 2.75) is 26.2 Å². The summed E-state index contributed by atoms with van der Waals surface area (Å²) in [5.41, 5.74) is 1.92. The van der Waals surface area contributed by atoms with E-state index < -0.39 is 5.97 Å². The zero-order chi connectivity index (χ0) is 16.1. The Morgan fingerprint density at radius 3 is 2.82 bits per heavy atom. The predicted molar refractivity (Wildman–Crippen MR) is 86.6 cm³/mol. The molecular weight excluding hydrogens is 324 g/mol. The molecule has 1 aromatic carbocycles. The lowest BCUT2D eigenvalue weighted by Crippen LogP contribution is -2.12. The van der Waals surface area contributed by atoms with Gasteiger partial charge in [0.05, 0.1) is 12.1 Å². The third-order valence-electron chi connectivity index (χ3n) is 2.96. The summed E-state index contributed by atoms with van der Waals surface area (Å²) < 4.78 is 0. The first kappa shape index (κ1) is 16.5. The van der Waals surface area contributed by atoms with E-state index in [0.717, 1.165) is 16.1 Å². The largest absolute Gasteiger partial charge is 0.481 e. The molecule has 116 valence electrons. The molecule has 2 N–H and O–H groups in total. The molecule has 0 aliphatic heterocycles. The number of benzene rings is 1. The number of halogens is 1. The number of hydrogen-bond donors (Lipinski definition) is 2. The molecule has 0 unspecified atom stereocenters. The number of amides is 1. The van der Waals surface area contributed by atoms with E-state index in [-0.39, 0.29) is 18.7 Å². The standard InChI is InChI=1S/C15H15ClN2O3S/c1-9-12(8-10-3-2-4-11(16)7-10)22-15(17-9)18-13(19)5-6-14(20)21/h2-4,7H,5-6,8H2,1H3,(H,20,21)(H,17,18,19). The molecule has 0 saturated heterocycles. The van der Waals surface area contributed by atoms with E-state index in [1.54, 1.807) is 0 Å². The number of carboxylic acid groups (broad SMARTS) is 1. The summed E-state index contributed by atoms with van der Waals surface area (Å²) in [6, 6.07) is 7.59. The summed E-state index contributed by atoms with van der Waals surface area (Å²) in [7, 11) is 0. The average molecular weight is 339 g/mol. The Morgan fingerprint density at radius 1 is 1.36 bits per heavy atom. The van der Waals surface area contributed by atoms with Gasteiger partial charge in [0.1, 0.15) is 0 Å². The van der Waals surface area contributed by atoms with Crippen molar-refractivity contribution in [2.24, 2.45) is 0 Å². The number of aliphatic carboxylic acids is 1. The molecule has 0 aliphatic rings. The van der Waals surface area contributed by atoms with Crippen LogP contribution in [0.25, 0.3) is 0 Å². The monoisotopic (exact) mass is 338 g/mol. The topological polar surface area (TPSA) is 79.3 Å². The number of carboxylic acids is 1. The van der Waals surface area contributed by atoms with Crippen LogP contribution in [0.3, 0.4) is 0 Å². The van der Waals surface area contributed by atoms with Gasteiger partial charge in [-0.3, -0.25) is 9.59 Å². The highest BCUT2D eigenvalue weighted by Gasteiger charge is 2.12. The Bertz CT molecular complexity index is 700. The average Bonchev–Trinajstić information content (AvgIpc) is 2.76. The number of anilines is 1. The van der Waals surface area contributed by atoms with Crippen LogP contribution in [0.2, 0.25) is 5.02 Å². The summed E-state index contributed by atoms with van der Waals surface area (Å²) in [6.07, 6.45) is 0.443. The zero-order valence-electron chi connectivity index (χ0n) is 11.9. The predicted octanol–water partition coefficient (Wildman–Crippen LogP) is 3.50. The van der Waals surface area contributed by atoms with E-state index in [4.69, 9.17) is 16.7 Å². The lowest BCUT2D eigenvalue weighted by Gasteiger charge is -2.00. The Morgan fingerprint density at radius 2 is 2.14 bits per heavy atom. The van der Waals surface area contributed by atoms with E-state index in [1.807, 2.05) is 31.2 Å². The molecule has 1 amide bonds. The first-order valence-electron chi connectivity index (χ1n) is 6.66. The highest BCUT2D eigenvalue weighted by Crippen LogP contribution is 2.26. The van der Waals surface area contributed by atoms with Crippen LogP contribution in [0.1, 0.15) is 29.0 Å². The molecule has 22 heavy (non-hydrogen) atoms. The SMILES string of the molecule is Cc1nc(NC(=O)CCC(=O)O)sc1Cc1cccc(Cl)c1. The van der Waals surface area contributed by atoms with Crippen molar-refractivity contribution in [3.8, 4) is 0 Å². The van der Waals surface area contributed by atoms with Crippen molar-refractivity contribution in [3.63, 3.8) is 0 Å². The van der Waals surface area contributed by atoms with Crippen LogP contribution in [0.5, 0.6) is 0 Å². The van der Waals surface area contributed by atoms with E-state index >= 15 is 0 Å². The third kappa shape index (κ3) is 4.82. The van der Waals surface area contributed by atoms with Gasteiger partial charge in [-0.2, -0.15) is 0 Å². The van der Waals surface area contributed by atoms with Crippen LogP contribution in [0, 0.1) is 6.92 Å². The second-order valence-electron chi connectivity index (χ2n) is 4.78. The number of carbonyl (C=O) groups excluding carboxylic acids is 1. The normalized spacial score (nSPS) is 10.5. The minimum absolute atomic E-state index is 0.0579. The first-order valence-corrected chi connectivity index (χ1v) is 7.86. The summed E-state index contributed by atoms with van der Waals surface area (Å²) in [6.45, 7) is 1.88. The number of aromatic nitrogens is 1. The maximum Gasteiger partial charge on any atom is 0.303 e. The molecule has 0 bridgehead atoms. The van der Waals surface area contributed by atoms with Crippen LogP contribution in [0.15, 0.2) is 24.3 Å². The van der Waals surface area contributed by atoms with Gasteiger partial charge in [0, 0.05) is 22.7 Å². The van der Waals surface area contributed by atoms with Gasteiger partial charge in [-0.15, -0.1) is 11.3 Å². The first-order chi connectivity index (χ1) is 10.4. The zero-order valence-corrected chi connectivity index (χ0v) is 13.5. The Balaban J connectivity index is 2.02. The van der Waals surface area contributed by atoms with Gasteiger partial charge in [0.25, 0.3) is 0 Å². The number of rotatable bonds is 6. The van der Waals surface area contributed by atoms with Gasteiger partial charge in [-0.25, -0.2) is 4.98 Å². The Kier molecular flexibility index (Phi) is 5.51. The molecule has 0 fully saturated rings. The highest BCUT2D eigenvalue weighted by atomic mass is 35.5. The molecule has 0 atom stereocenters. The van der Waals surface area contributed by atoms with Crippen LogP contribution < -0.4 is 5.32 Å². The number of nitrogens with zero attached hydrogens (tertiary/aromatic N) is 1. The van der Waals surface area contributed by atoms with Gasteiger partial charge in [0.2, 0.25) is 5.91 Å². The van der Waals surface area contributed by atoms with Gasteiger partial charge in [-0.05, 0) is 24.6 Å². The van der Waals surface area contributed by atoms with Crippen LogP contribution in [0.4, 0.5) is 5.13 Å². The molecule has 0 saturated carbocycles. The summed E-state index contributed by atoms with van der Waals surface area (Å²) >= 11 is 7.36. The van der Waals surface area contributed by atoms with Crippen LogP contribution in [-0.2, 0) is 16.0 Å². The fourth-order valence-electron chi connectivity index (χ4n) is 1.88. The smallest absolute Gasteiger partial charge is 0.303 e. The fourth-order valence-corrected chi connectivity index (χ4v) is 3.11. The number of hydrogen-bond acceptors (Lipinski definition) is 4. The quantitative estimate of drug-likeness (QED) is 0.844. The fraction of sp³-hybridized carbons (Fsp3) is 0.267. The molecule has 2 rings (SSSR count). The van der Waals surface area contributed by atoms with E-state index in [9.17, 15) is 9.59 Å². The second kappa shape index (κ2) is 7.38. The summed E-state index contributed by atoms with van der Waals surface area (Å²) in [5.74, 6) is -1.34. The molecular formula is C15H15ClN2O3S. The van der Waals surface area contributed by atoms with Crippen molar-refractivity contribution in [2.75, 3.05) is 5.32 Å². The number of thiazole rings is 1. The molecule has 1 heterocycles. The van der Waals surface area contributed by atoms with E-state index in [2.05, 4.69) is 10.3 Å². The molecule has 5 nitrogen and oxygen atoms in total. The summed E-state index contributed by atoms with van der Waals surface area (Å²) in [5, 5.41) is 12.4. The molecule has 7 heteroatoms. The van der Waals surface area contributed by atoms with E-state index in [0.29, 0.717) is 16.6 Å². The maximum absolute atomic E-state index is 11.6. The van der Waals surface area contributed by atoms with Crippen molar-refractivity contribution < 1.29 is 14.7 Å². The molecule has 1 aromatic heterocycles. The van der Waals surface area contributed by atoms with Crippen molar-refractivity contribution >= 4 is 39.9 Å². The lowest BCUT2D eigenvalue weighted by atomic mass is 10.1. The van der Waals surface area contributed by atoms with Crippen molar-refractivity contribution in [1.82, 2.24) is 4.98 Å². The Labute approximate surface area is 137 Å². The van der Waals surface area contributed by atoms with Crippen molar-refractivity contribution in [3.05, 3.63) is 45.4 Å². The minimum atomic E-state index is -0.993. The van der Waals surface area contributed by atoms with Crippen molar-refractivity contribution in [1.29, 1.82) is 0 Å². The van der Waals surface area contributed by atoms with Gasteiger partial charge in [0.15, 0.2) is 5.13 Å². The number of aryl methyl sites for hydroxylation is 1. The highest BCUT2D eigenvalue weighted by molar-refractivity contribution is 7.15. The number of carbonyl (C=O) groups is 2. The second-order valence-corrected chi connectivity index (χ2v) is 6.30. The van der Waals surface area contributed by atoms with Crippen LogP contribution in [-0.4, -0.2) is 22.0 Å². The number of nitrogens with one attached hydrogen (secondary N) is 1. The lowest BCUT2D eigenvalue weighted by molar-refractivity contribution is -0.138. The molecule has 0 spiro atoms.